The molecule has 0 saturated carbocycles. The van der Waals surface area contributed by atoms with Crippen molar-refractivity contribution < 1.29 is 9.84 Å². The first-order valence-electron chi connectivity index (χ1n) is 7.04. The molecule has 2 heteroatoms. The highest BCUT2D eigenvalue weighted by molar-refractivity contribution is 5.27. The van der Waals surface area contributed by atoms with Gasteiger partial charge in [-0.2, -0.15) is 0 Å². The summed E-state index contributed by atoms with van der Waals surface area (Å²) in [5, 5.41) is 10.1. The van der Waals surface area contributed by atoms with Crippen LogP contribution in [0.3, 0.4) is 0 Å². The van der Waals surface area contributed by atoms with Crippen LogP contribution in [0.5, 0.6) is 5.75 Å². The molecule has 20 heavy (non-hydrogen) atoms. The van der Waals surface area contributed by atoms with E-state index in [0.717, 1.165) is 24.2 Å². The van der Waals surface area contributed by atoms with Crippen LogP contribution in [0.25, 0.3) is 0 Å². The van der Waals surface area contributed by atoms with Gasteiger partial charge in [0.2, 0.25) is 0 Å². The molecule has 106 valence electrons. The summed E-state index contributed by atoms with van der Waals surface area (Å²) in [5.41, 5.74) is 3.69. The van der Waals surface area contributed by atoms with E-state index in [2.05, 4.69) is 31.2 Å². The molecule has 0 fully saturated rings. The molecular formula is C18H22O2. The van der Waals surface area contributed by atoms with Crippen LogP contribution in [-0.4, -0.2) is 18.3 Å². The standard InChI is InChI=1S/C18H22O2/c1-14-3-5-15(6-4-14)7-10-17(19)13-16-8-11-18(20-2)12-9-16/h3-6,8-9,11-12,17,19H,7,10,13H2,1-2H3. The number of aliphatic hydroxyl groups is 1. The zero-order chi connectivity index (χ0) is 14.4. The molecule has 0 aliphatic carbocycles. The Morgan fingerprint density at radius 2 is 1.55 bits per heavy atom. The second-order valence-corrected chi connectivity index (χ2v) is 5.23. The molecule has 0 bridgehead atoms. The van der Waals surface area contributed by atoms with E-state index in [4.69, 9.17) is 4.74 Å². The van der Waals surface area contributed by atoms with E-state index in [1.807, 2.05) is 24.3 Å². The highest BCUT2D eigenvalue weighted by Crippen LogP contribution is 2.15. The number of hydrogen-bond donors (Lipinski definition) is 1. The number of rotatable bonds is 6. The molecule has 0 radical (unpaired) electrons. The molecule has 0 aliphatic rings. The molecule has 0 amide bonds. The van der Waals surface area contributed by atoms with Gasteiger partial charge >= 0.3 is 0 Å². The van der Waals surface area contributed by atoms with Crippen LogP contribution in [0.4, 0.5) is 0 Å². The fraction of sp³-hybridized carbons (Fsp3) is 0.333. The minimum Gasteiger partial charge on any atom is -0.497 e. The minimum atomic E-state index is -0.301. The monoisotopic (exact) mass is 270 g/mol. The lowest BCUT2D eigenvalue weighted by atomic mass is 10.0. The summed E-state index contributed by atoms with van der Waals surface area (Å²) in [5.74, 6) is 0.850. The topological polar surface area (TPSA) is 29.5 Å². The number of aryl methyl sites for hydroxylation is 2. The Bertz CT molecular complexity index is 514. The van der Waals surface area contributed by atoms with Crippen LogP contribution in [-0.2, 0) is 12.8 Å². The normalized spacial score (nSPS) is 12.2. The first-order valence-corrected chi connectivity index (χ1v) is 7.04. The second kappa shape index (κ2) is 7.11. The van der Waals surface area contributed by atoms with E-state index in [-0.39, 0.29) is 6.10 Å². The van der Waals surface area contributed by atoms with Gasteiger partial charge in [-0.15, -0.1) is 0 Å². The summed E-state index contributed by atoms with van der Waals surface area (Å²) in [7, 11) is 1.66. The largest absolute Gasteiger partial charge is 0.497 e. The highest BCUT2D eigenvalue weighted by Gasteiger charge is 2.06. The van der Waals surface area contributed by atoms with Crippen molar-refractivity contribution in [3.63, 3.8) is 0 Å². The van der Waals surface area contributed by atoms with E-state index in [9.17, 15) is 5.11 Å². The van der Waals surface area contributed by atoms with Crippen molar-refractivity contribution in [3.8, 4) is 5.75 Å². The number of benzene rings is 2. The number of ether oxygens (including phenoxy) is 1. The molecule has 0 aromatic heterocycles. The molecule has 0 saturated heterocycles. The molecule has 2 aromatic carbocycles. The first kappa shape index (κ1) is 14.6. The summed E-state index contributed by atoms with van der Waals surface area (Å²) in [6, 6.07) is 16.4. The predicted octanol–water partition coefficient (Wildman–Crippen LogP) is 3.54. The number of hydrogen-bond acceptors (Lipinski definition) is 2. The Hall–Kier alpha value is -1.80. The van der Waals surface area contributed by atoms with Crippen LogP contribution < -0.4 is 4.74 Å². The van der Waals surface area contributed by atoms with Gasteiger partial charge in [0.1, 0.15) is 5.75 Å². The highest BCUT2D eigenvalue weighted by atomic mass is 16.5. The van der Waals surface area contributed by atoms with Crippen molar-refractivity contribution in [1.82, 2.24) is 0 Å². The average Bonchev–Trinajstić information content (AvgIpc) is 2.47. The molecule has 2 nitrogen and oxygen atoms in total. The van der Waals surface area contributed by atoms with E-state index >= 15 is 0 Å². The quantitative estimate of drug-likeness (QED) is 0.870. The summed E-state index contributed by atoms with van der Waals surface area (Å²) in [6.45, 7) is 2.09. The van der Waals surface area contributed by atoms with Gasteiger partial charge in [-0.05, 0) is 49.4 Å². The lowest BCUT2D eigenvalue weighted by Crippen LogP contribution is -2.11. The van der Waals surface area contributed by atoms with Crippen molar-refractivity contribution in [3.05, 3.63) is 65.2 Å². The molecule has 1 atom stereocenters. The van der Waals surface area contributed by atoms with Crippen molar-refractivity contribution in [2.24, 2.45) is 0 Å². The van der Waals surface area contributed by atoms with E-state index in [0.29, 0.717) is 6.42 Å². The smallest absolute Gasteiger partial charge is 0.118 e. The maximum Gasteiger partial charge on any atom is 0.118 e. The third-order valence-electron chi connectivity index (χ3n) is 3.52. The maximum absolute atomic E-state index is 10.1. The van der Waals surface area contributed by atoms with Crippen molar-refractivity contribution in [2.45, 2.75) is 32.3 Å². The van der Waals surface area contributed by atoms with Crippen molar-refractivity contribution >= 4 is 0 Å². The zero-order valence-electron chi connectivity index (χ0n) is 12.2. The van der Waals surface area contributed by atoms with E-state index < -0.39 is 0 Å². The van der Waals surface area contributed by atoms with Crippen molar-refractivity contribution in [2.75, 3.05) is 7.11 Å². The van der Waals surface area contributed by atoms with Crippen LogP contribution in [0.1, 0.15) is 23.1 Å². The molecule has 0 heterocycles. The Labute approximate surface area is 121 Å². The second-order valence-electron chi connectivity index (χ2n) is 5.23. The summed E-state index contributed by atoms with van der Waals surface area (Å²) in [6.07, 6.45) is 2.09. The molecule has 0 aliphatic heterocycles. The Morgan fingerprint density at radius 3 is 2.15 bits per heavy atom. The van der Waals surface area contributed by atoms with Crippen LogP contribution in [0, 0.1) is 6.92 Å². The van der Waals surface area contributed by atoms with E-state index in [1.165, 1.54) is 11.1 Å². The van der Waals surface area contributed by atoms with Crippen molar-refractivity contribution in [1.29, 1.82) is 0 Å². The predicted molar refractivity (Wildman–Crippen MR) is 82.2 cm³/mol. The molecule has 2 aromatic rings. The van der Waals surface area contributed by atoms with E-state index in [1.54, 1.807) is 7.11 Å². The Balaban J connectivity index is 1.82. The zero-order valence-corrected chi connectivity index (χ0v) is 12.2. The SMILES string of the molecule is COc1ccc(CC(O)CCc2ccc(C)cc2)cc1. The van der Waals surface area contributed by atoms with Gasteiger partial charge in [0.15, 0.2) is 0 Å². The fourth-order valence-electron chi connectivity index (χ4n) is 2.22. The first-order chi connectivity index (χ1) is 9.67. The van der Waals surface area contributed by atoms with Gasteiger partial charge in [-0.3, -0.25) is 0 Å². The lowest BCUT2D eigenvalue weighted by Gasteiger charge is -2.11. The van der Waals surface area contributed by atoms with Gasteiger partial charge in [-0.1, -0.05) is 42.0 Å². The van der Waals surface area contributed by atoms with Crippen LogP contribution in [0.15, 0.2) is 48.5 Å². The molecular weight excluding hydrogens is 248 g/mol. The molecule has 1 N–H and O–H groups in total. The Kier molecular flexibility index (Phi) is 5.19. The third kappa shape index (κ3) is 4.39. The van der Waals surface area contributed by atoms with Crippen LogP contribution in [0.2, 0.25) is 0 Å². The maximum atomic E-state index is 10.1. The lowest BCUT2D eigenvalue weighted by molar-refractivity contribution is 0.165. The summed E-state index contributed by atoms with van der Waals surface area (Å²) in [4.78, 5) is 0. The number of aliphatic hydroxyl groups excluding tert-OH is 1. The van der Waals surface area contributed by atoms with Gasteiger partial charge in [-0.25, -0.2) is 0 Å². The van der Waals surface area contributed by atoms with Gasteiger partial charge in [0.25, 0.3) is 0 Å². The summed E-state index contributed by atoms with van der Waals surface area (Å²) < 4.78 is 5.13. The third-order valence-corrected chi connectivity index (χ3v) is 3.52. The number of methoxy groups -OCH3 is 1. The summed E-state index contributed by atoms with van der Waals surface area (Å²) >= 11 is 0. The van der Waals surface area contributed by atoms with Gasteiger partial charge in [0.05, 0.1) is 13.2 Å². The van der Waals surface area contributed by atoms with Gasteiger partial charge < -0.3 is 9.84 Å². The Morgan fingerprint density at radius 1 is 0.950 bits per heavy atom. The molecule has 2 rings (SSSR count). The van der Waals surface area contributed by atoms with Gasteiger partial charge in [0, 0.05) is 0 Å². The average molecular weight is 270 g/mol. The molecule has 1 unspecified atom stereocenters. The fourth-order valence-corrected chi connectivity index (χ4v) is 2.22. The van der Waals surface area contributed by atoms with Crippen LogP contribution >= 0.6 is 0 Å². The minimum absolute atomic E-state index is 0.301. The molecule has 0 spiro atoms.